The van der Waals surface area contributed by atoms with Crippen LogP contribution in [0, 0.1) is 0 Å². The maximum absolute atomic E-state index is 12.2. The first kappa shape index (κ1) is 13.6. The number of nitrogens with zero attached hydrogens (tertiary/aromatic N) is 1. The Bertz CT molecular complexity index is 433. The fourth-order valence-electron chi connectivity index (χ4n) is 1.33. The number of hydrogen-bond donors (Lipinski definition) is 1. The van der Waals surface area contributed by atoms with Gasteiger partial charge in [0.05, 0.1) is 23.4 Å². The van der Waals surface area contributed by atoms with Gasteiger partial charge in [-0.25, -0.2) is 0 Å². The molecule has 0 spiro atoms. The van der Waals surface area contributed by atoms with Crippen molar-refractivity contribution in [1.29, 1.82) is 0 Å². The summed E-state index contributed by atoms with van der Waals surface area (Å²) in [5, 5.41) is 0.353. The predicted octanol–water partition coefficient (Wildman–Crippen LogP) is 2.41. The zero-order valence-corrected chi connectivity index (χ0v) is 11.2. The number of anilines is 1. The highest BCUT2D eigenvalue weighted by Gasteiger charge is 2.20. The molecule has 0 saturated carbocycles. The fraction of sp³-hybridized carbons (Fsp3) is 0.417. The summed E-state index contributed by atoms with van der Waals surface area (Å²) in [6.07, 6.45) is 0. The second kappa shape index (κ2) is 5.27. The van der Waals surface area contributed by atoms with Crippen LogP contribution in [-0.2, 0) is 0 Å². The predicted molar refractivity (Wildman–Crippen MR) is 69.6 cm³/mol. The maximum Gasteiger partial charge on any atom is 0.257 e. The van der Waals surface area contributed by atoms with Crippen LogP contribution in [0.5, 0.6) is 5.75 Å². The van der Waals surface area contributed by atoms with Crippen LogP contribution < -0.4 is 10.5 Å². The van der Waals surface area contributed by atoms with Crippen molar-refractivity contribution in [3.8, 4) is 5.75 Å². The Morgan fingerprint density at radius 1 is 1.47 bits per heavy atom. The van der Waals surface area contributed by atoms with E-state index in [1.807, 2.05) is 13.8 Å². The lowest BCUT2D eigenvalue weighted by Crippen LogP contribution is -2.33. The highest BCUT2D eigenvalue weighted by atomic mass is 35.5. The van der Waals surface area contributed by atoms with E-state index in [9.17, 15) is 4.79 Å². The molecule has 1 amide bonds. The van der Waals surface area contributed by atoms with Gasteiger partial charge >= 0.3 is 0 Å². The van der Waals surface area contributed by atoms with Crippen molar-refractivity contribution >= 4 is 23.2 Å². The van der Waals surface area contributed by atoms with Gasteiger partial charge in [-0.1, -0.05) is 11.6 Å². The average Bonchev–Trinajstić information content (AvgIpc) is 2.29. The lowest BCUT2D eigenvalue weighted by molar-refractivity contribution is 0.0751. The average molecular weight is 257 g/mol. The first-order valence-electron chi connectivity index (χ1n) is 5.28. The molecule has 2 N–H and O–H groups in total. The number of nitrogen functional groups attached to an aromatic ring is 1. The van der Waals surface area contributed by atoms with Crippen LogP contribution in [-0.4, -0.2) is 31.0 Å². The van der Waals surface area contributed by atoms with E-state index < -0.39 is 0 Å². The molecule has 0 unspecified atom stereocenters. The highest BCUT2D eigenvalue weighted by Crippen LogP contribution is 2.29. The molecule has 17 heavy (non-hydrogen) atoms. The second-order valence-electron chi connectivity index (χ2n) is 4.08. The van der Waals surface area contributed by atoms with E-state index in [2.05, 4.69) is 0 Å². The van der Waals surface area contributed by atoms with Gasteiger partial charge < -0.3 is 15.4 Å². The molecule has 0 bridgehead atoms. The lowest BCUT2D eigenvalue weighted by atomic mass is 10.1. The second-order valence-corrected chi connectivity index (χ2v) is 4.49. The van der Waals surface area contributed by atoms with Crippen molar-refractivity contribution in [2.75, 3.05) is 19.9 Å². The summed E-state index contributed by atoms with van der Waals surface area (Å²) in [5.41, 5.74) is 6.48. The van der Waals surface area contributed by atoms with Crippen LogP contribution in [0.15, 0.2) is 12.1 Å². The first-order valence-corrected chi connectivity index (χ1v) is 5.66. The van der Waals surface area contributed by atoms with Crippen molar-refractivity contribution < 1.29 is 9.53 Å². The Labute approximate surface area is 106 Å². The SMILES string of the molecule is COc1cc(N)c(Cl)cc1C(=O)N(C)C(C)C. The summed E-state index contributed by atoms with van der Waals surface area (Å²) in [4.78, 5) is 13.8. The molecule has 0 heterocycles. The molecule has 0 radical (unpaired) electrons. The van der Waals surface area contributed by atoms with Crippen LogP contribution in [0.4, 0.5) is 5.69 Å². The number of amides is 1. The normalized spacial score (nSPS) is 10.5. The number of halogens is 1. The van der Waals surface area contributed by atoms with Crippen LogP contribution in [0.2, 0.25) is 5.02 Å². The molecule has 94 valence electrons. The molecule has 0 fully saturated rings. The zero-order chi connectivity index (χ0) is 13.2. The van der Waals surface area contributed by atoms with Gasteiger partial charge in [-0.15, -0.1) is 0 Å². The van der Waals surface area contributed by atoms with E-state index in [1.165, 1.54) is 13.2 Å². The molecule has 0 aliphatic rings. The van der Waals surface area contributed by atoms with E-state index in [4.69, 9.17) is 22.1 Å². The van der Waals surface area contributed by atoms with Crippen LogP contribution in [0.3, 0.4) is 0 Å². The van der Waals surface area contributed by atoms with E-state index in [1.54, 1.807) is 18.0 Å². The molecule has 1 rings (SSSR count). The Morgan fingerprint density at radius 3 is 2.53 bits per heavy atom. The minimum absolute atomic E-state index is 0.100. The summed E-state index contributed by atoms with van der Waals surface area (Å²) in [7, 11) is 3.23. The van der Waals surface area contributed by atoms with Gasteiger partial charge in [0.2, 0.25) is 0 Å². The Kier molecular flexibility index (Phi) is 4.23. The van der Waals surface area contributed by atoms with Gasteiger partial charge in [0.25, 0.3) is 5.91 Å². The highest BCUT2D eigenvalue weighted by molar-refractivity contribution is 6.33. The Hall–Kier alpha value is -1.42. The molecule has 1 aromatic rings. The van der Waals surface area contributed by atoms with Crippen LogP contribution in [0.25, 0.3) is 0 Å². The number of hydrogen-bond acceptors (Lipinski definition) is 3. The van der Waals surface area contributed by atoms with Crippen molar-refractivity contribution in [3.63, 3.8) is 0 Å². The number of rotatable bonds is 3. The monoisotopic (exact) mass is 256 g/mol. The van der Waals surface area contributed by atoms with E-state index >= 15 is 0 Å². The molecule has 0 saturated heterocycles. The summed E-state index contributed by atoms with van der Waals surface area (Å²) >= 11 is 5.92. The number of nitrogens with two attached hydrogens (primary N) is 1. The third kappa shape index (κ3) is 2.82. The lowest BCUT2D eigenvalue weighted by Gasteiger charge is -2.22. The molecule has 1 aromatic carbocycles. The van der Waals surface area contributed by atoms with Gasteiger partial charge in [0.15, 0.2) is 0 Å². The van der Waals surface area contributed by atoms with Gasteiger partial charge in [-0.2, -0.15) is 0 Å². The van der Waals surface area contributed by atoms with Crippen LogP contribution in [0.1, 0.15) is 24.2 Å². The van der Waals surface area contributed by atoms with Crippen molar-refractivity contribution in [3.05, 3.63) is 22.7 Å². The van der Waals surface area contributed by atoms with E-state index in [0.29, 0.717) is 22.0 Å². The summed E-state index contributed by atoms with van der Waals surface area (Å²) in [5.74, 6) is 0.295. The molecule has 0 aromatic heterocycles. The smallest absolute Gasteiger partial charge is 0.257 e. The first-order chi connectivity index (χ1) is 7.88. The van der Waals surface area contributed by atoms with Crippen molar-refractivity contribution in [2.24, 2.45) is 0 Å². The molecule has 0 atom stereocenters. The minimum Gasteiger partial charge on any atom is -0.496 e. The molecule has 5 heteroatoms. The van der Waals surface area contributed by atoms with Gasteiger partial charge in [0.1, 0.15) is 5.75 Å². The number of carbonyl (C=O) groups is 1. The maximum atomic E-state index is 12.2. The topological polar surface area (TPSA) is 55.6 Å². The van der Waals surface area contributed by atoms with Gasteiger partial charge in [-0.05, 0) is 19.9 Å². The summed E-state index contributed by atoms with van der Waals surface area (Å²) in [6.45, 7) is 3.87. The Balaban J connectivity index is 3.21. The fourth-order valence-corrected chi connectivity index (χ4v) is 1.49. The van der Waals surface area contributed by atoms with E-state index in [-0.39, 0.29) is 11.9 Å². The van der Waals surface area contributed by atoms with Crippen molar-refractivity contribution in [1.82, 2.24) is 4.90 Å². The molecule has 4 nitrogen and oxygen atoms in total. The third-order valence-electron chi connectivity index (χ3n) is 2.64. The zero-order valence-electron chi connectivity index (χ0n) is 10.5. The molecule has 0 aliphatic carbocycles. The number of methoxy groups -OCH3 is 1. The quantitative estimate of drug-likeness (QED) is 0.845. The van der Waals surface area contributed by atoms with Gasteiger partial charge in [0, 0.05) is 19.2 Å². The summed E-state index contributed by atoms with van der Waals surface area (Å²) in [6, 6.07) is 3.20. The number of ether oxygens (including phenoxy) is 1. The standard InChI is InChI=1S/C12H17ClN2O2/c1-7(2)15(3)12(16)8-5-9(13)10(14)6-11(8)17-4/h5-7H,14H2,1-4H3. The minimum atomic E-state index is -0.140. The van der Waals surface area contributed by atoms with Crippen LogP contribution >= 0.6 is 11.6 Å². The number of benzene rings is 1. The molecule has 0 aliphatic heterocycles. The van der Waals surface area contributed by atoms with E-state index in [0.717, 1.165) is 0 Å². The summed E-state index contributed by atoms with van der Waals surface area (Å²) < 4.78 is 5.15. The molecular formula is C12H17ClN2O2. The number of carbonyl (C=O) groups excluding carboxylic acids is 1. The largest absolute Gasteiger partial charge is 0.496 e. The Morgan fingerprint density at radius 2 is 2.06 bits per heavy atom. The third-order valence-corrected chi connectivity index (χ3v) is 2.97. The van der Waals surface area contributed by atoms with Gasteiger partial charge in [-0.3, -0.25) is 4.79 Å². The van der Waals surface area contributed by atoms with Crippen molar-refractivity contribution in [2.45, 2.75) is 19.9 Å². The molecular weight excluding hydrogens is 240 g/mol.